The zero-order chi connectivity index (χ0) is 15.6. The van der Waals surface area contributed by atoms with E-state index in [2.05, 4.69) is 0 Å². The summed E-state index contributed by atoms with van der Waals surface area (Å²) in [4.78, 5) is 48.8. The standard InChI is InChI=1S/C14H15N3O4/c1-16-13(20)10-4-3-9(7-11(10)14(16)21)12(19)17(8-18)6-2-5-15/h3-4,7-8H,2,5-6,15H2,1H3. The van der Waals surface area contributed by atoms with Gasteiger partial charge in [0.15, 0.2) is 0 Å². The molecule has 0 atom stereocenters. The molecule has 0 bridgehead atoms. The molecule has 0 aliphatic carbocycles. The van der Waals surface area contributed by atoms with Gasteiger partial charge in [0, 0.05) is 19.2 Å². The lowest BCUT2D eigenvalue weighted by Gasteiger charge is -2.15. The molecule has 0 radical (unpaired) electrons. The highest BCUT2D eigenvalue weighted by molar-refractivity contribution is 6.21. The second-order valence-electron chi connectivity index (χ2n) is 4.68. The predicted molar refractivity (Wildman–Crippen MR) is 73.6 cm³/mol. The van der Waals surface area contributed by atoms with Crippen LogP contribution in [0.2, 0.25) is 0 Å². The van der Waals surface area contributed by atoms with E-state index in [9.17, 15) is 19.2 Å². The van der Waals surface area contributed by atoms with Gasteiger partial charge in [-0.05, 0) is 31.2 Å². The highest BCUT2D eigenvalue weighted by atomic mass is 16.2. The highest BCUT2D eigenvalue weighted by Crippen LogP contribution is 2.23. The molecule has 7 heteroatoms. The van der Waals surface area contributed by atoms with Crippen molar-refractivity contribution < 1.29 is 19.2 Å². The van der Waals surface area contributed by atoms with E-state index in [-0.39, 0.29) is 23.2 Å². The molecule has 1 heterocycles. The fourth-order valence-corrected chi connectivity index (χ4v) is 2.12. The number of amides is 4. The average molecular weight is 289 g/mol. The molecule has 1 aliphatic rings. The molecule has 4 amide bonds. The maximum absolute atomic E-state index is 12.2. The first-order valence-electron chi connectivity index (χ1n) is 6.44. The van der Waals surface area contributed by atoms with Gasteiger partial charge >= 0.3 is 0 Å². The van der Waals surface area contributed by atoms with Crippen LogP contribution in [0.25, 0.3) is 0 Å². The molecule has 0 fully saturated rings. The van der Waals surface area contributed by atoms with E-state index < -0.39 is 17.7 Å². The maximum Gasteiger partial charge on any atom is 0.261 e. The Hall–Kier alpha value is -2.54. The number of hydrogen-bond acceptors (Lipinski definition) is 5. The Morgan fingerprint density at radius 3 is 2.57 bits per heavy atom. The molecular formula is C14H15N3O4. The van der Waals surface area contributed by atoms with Gasteiger partial charge in [0.2, 0.25) is 6.41 Å². The molecule has 21 heavy (non-hydrogen) atoms. The van der Waals surface area contributed by atoms with Gasteiger partial charge in [-0.2, -0.15) is 0 Å². The van der Waals surface area contributed by atoms with E-state index in [4.69, 9.17) is 5.73 Å². The van der Waals surface area contributed by atoms with Gasteiger partial charge < -0.3 is 5.73 Å². The normalized spacial score (nSPS) is 13.3. The first-order valence-corrected chi connectivity index (χ1v) is 6.44. The van der Waals surface area contributed by atoms with Gasteiger partial charge in [0.25, 0.3) is 17.7 Å². The lowest BCUT2D eigenvalue weighted by molar-refractivity contribution is -0.116. The highest BCUT2D eigenvalue weighted by Gasteiger charge is 2.33. The Kier molecular flexibility index (Phi) is 4.13. The molecule has 0 unspecified atom stereocenters. The summed E-state index contributed by atoms with van der Waals surface area (Å²) in [5, 5.41) is 0. The monoisotopic (exact) mass is 289 g/mol. The summed E-state index contributed by atoms with van der Waals surface area (Å²) < 4.78 is 0. The Balaban J connectivity index is 2.31. The molecule has 0 saturated heterocycles. The van der Waals surface area contributed by atoms with Crippen LogP contribution in [-0.4, -0.2) is 54.1 Å². The average Bonchev–Trinajstić information content (AvgIpc) is 2.72. The van der Waals surface area contributed by atoms with Gasteiger partial charge in [-0.25, -0.2) is 0 Å². The van der Waals surface area contributed by atoms with Crippen molar-refractivity contribution >= 4 is 24.1 Å². The fraction of sp³-hybridized carbons (Fsp3) is 0.286. The fourth-order valence-electron chi connectivity index (χ4n) is 2.12. The van der Waals surface area contributed by atoms with Crippen LogP contribution in [0.15, 0.2) is 18.2 Å². The largest absolute Gasteiger partial charge is 0.330 e. The van der Waals surface area contributed by atoms with E-state index in [1.807, 2.05) is 0 Å². The lowest BCUT2D eigenvalue weighted by Crippen LogP contribution is -2.31. The van der Waals surface area contributed by atoms with Crippen LogP contribution in [0.4, 0.5) is 0 Å². The molecule has 0 saturated carbocycles. The van der Waals surface area contributed by atoms with Crippen LogP contribution < -0.4 is 5.73 Å². The van der Waals surface area contributed by atoms with Crippen molar-refractivity contribution in [3.63, 3.8) is 0 Å². The Labute approximate surface area is 121 Å². The summed E-state index contributed by atoms with van der Waals surface area (Å²) in [6.07, 6.45) is 0.930. The van der Waals surface area contributed by atoms with E-state index in [0.717, 1.165) is 9.80 Å². The Morgan fingerprint density at radius 2 is 1.95 bits per heavy atom. The minimum atomic E-state index is -0.518. The van der Waals surface area contributed by atoms with Gasteiger partial charge in [-0.15, -0.1) is 0 Å². The smallest absolute Gasteiger partial charge is 0.261 e. The molecular weight excluding hydrogens is 274 g/mol. The third kappa shape index (κ3) is 2.55. The number of nitrogens with zero attached hydrogens (tertiary/aromatic N) is 2. The summed E-state index contributed by atoms with van der Waals surface area (Å²) in [6, 6.07) is 4.21. The summed E-state index contributed by atoms with van der Waals surface area (Å²) >= 11 is 0. The zero-order valence-corrected chi connectivity index (χ0v) is 11.5. The van der Waals surface area contributed by atoms with Crippen LogP contribution in [0.3, 0.4) is 0 Å². The van der Waals surface area contributed by atoms with Crippen molar-refractivity contribution in [2.75, 3.05) is 20.1 Å². The predicted octanol–water partition coefficient (Wildman–Crippen LogP) is -0.140. The van der Waals surface area contributed by atoms with Crippen molar-refractivity contribution in [1.82, 2.24) is 9.80 Å². The van der Waals surface area contributed by atoms with Crippen molar-refractivity contribution in [3.05, 3.63) is 34.9 Å². The Bertz CT molecular complexity index is 627. The summed E-state index contributed by atoms with van der Waals surface area (Å²) in [5.41, 5.74) is 5.98. The second kappa shape index (κ2) is 5.84. The van der Waals surface area contributed by atoms with Gasteiger partial charge in [-0.3, -0.25) is 29.0 Å². The second-order valence-corrected chi connectivity index (χ2v) is 4.68. The number of benzene rings is 1. The molecule has 1 aliphatic heterocycles. The van der Waals surface area contributed by atoms with Gasteiger partial charge in [-0.1, -0.05) is 0 Å². The number of fused-ring (bicyclic) bond motifs is 1. The third-order valence-electron chi connectivity index (χ3n) is 3.33. The number of imide groups is 2. The number of nitrogens with two attached hydrogens (primary N) is 1. The molecule has 7 nitrogen and oxygen atoms in total. The maximum atomic E-state index is 12.2. The number of carbonyl (C=O) groups excluding carboxylic acids is 4. The molecule has 1 aromatic rings. The SMILES string of the molecule is CN1C(=O)c2ccc(C(=O)N(C=O)CCCN)cc2C1=O. The Morgan fingerprint density at radius 1 is 1.29 bits per heavy atom. The van der Waals surface area contributed by atoms with E-state index >= 15 is 0 Å². The van der Waals surface area contributed by atoms with E-state index in [0.29, 0.717) is 19.4 Å². The molecule has 2 N–H and O–H groups in total. The van der Waals surface area contributed by atoms with Crippen LogP contribution >= 0.6 is 0 Å². The van der Waals surface area contributed by atoms with E-state index in [1.165, 1.54) is 25.2 Å². The first-order chi connectivity index (χ1) is 10.0. The summed E-state index contributed by atoms with van der Waals surface area (Å²) in [5.74, 6) is -1.37. The first kappa shape index (κ1) is 14.9. The van der Waals surface area contributed by atoms with E-state index in [1.54, 1.807) is 0 Å². The van der Waals surface area contributed by atoms with Crippen molar-refractivity contribution in [2.24, 2.45) is 5.73 Å². The lowest BCUT2D eigenvalue weighted by atomic mass is 10.0. The number of hydrogen-bond donors (Lipinski definition) is 1. The number of rotatable bonds is 5. The molecule has 0 spiro atoms. The van der Waals surface area contributed by atoms with Crippen molar-refractivity contribution in [1.29, 1.82) is 0 Å². The zero-order valence-electron chi connectivity index (χ0n) is 11.5. The molecule has 110 valence electrons. The van der Waals surface area contributed by atoms with Crippen LogP contribution in [0.5, 0.6) is 0 Å². The summed E-state index contributed by atoms with van der Waals surface area (Å²) in [6.45, 7) is 0.572. The summed E-state index contributed by atoms with van der Waals surface area (Å²) in [7, 11) is 1.38. The minimum Gasteiger partial charge on any atom is -0.330 e. The molecule has 2 rings (SSSR count). The van der Waals surface area contributed by atoms with Crippen LogP contribution in [0, 0.1) is 0 Å². The quantitative estimate of drug-likeness (QED) is 0.600. The van der Waals surface area contributed by atoms with Crippen LogP contribution in [-0.2, 0) is 4.79 Å². The minimum absolute atomic E-state index is 0.179. The molecule has 0 aromatic heterocycles. The third-order valence-corrected chi connectivity index (χ3v) is 3.33. The van der Waals surface area contributed by atoms with Gasteiger partial charge in [0.1, 0.15) is 0 Å². The topological polar surface area (TPSA) is 101 Å². The van der Waals surface area contributed by atoms with Crippen molar-refractivity contribution in [2.45, 2.75) is 6.42 Å². The number of carbonyl (C=O) groups is 4. The van der Waals surface area contributed by atoms with Crippen molar-refractivity contribution in [3.8, 4) is 0 Å². The van der Waals surface area contributed by atoms with Gasteiger partial charge in [0.05, 0.1) is 11.1 Å². The van der Waals surface area contributed by atoms with Crippen LogP contribution in [0.1, 0.15) is 37.5 Å². The molecule has 1 aromatic carbocycles.